The number of rotatable bonds is 8. The van der Waals surface area contributed by atoms with Gasteiger partial charge in [-0.2, -0.15) is 0 Å². The van der Waals surface area contributed by atoms with Gasteiger partial charge in [0.05, 0.1) is 14.2 Å². The number of hydrogen-bond donors (Lipinski definition) is 1. The molecule has 0 aliphatic heterocycles. The van der Waals surface area contributed by atoms with Crippen molar-refractivity contribution in [3.63, 3.8) is 0 Å². The highest BCUT2D eigenvalue weighted by molar-refractivity contribution is 6.10. The number of esters is 2. The highest BCUT2D eigenvalue weighted by atomic mass is 16.6. The number of carbonyl (C=O) groups excluding carboxylic acids is 3. The van der Waals surface area contributed by atoms with E-state index in [9.17, 15) is 19.5 Å². The van der Waals surface area contributed by atoms with Crippen LogP contribution in [0.15, 0.2) is 30.3 Å². The lowest BCUT2D eigenvalue weighted by atomic mass is 9.95. The molecule has 0 bridgehead atoms. The number of carbonyl (C=O) groups is 3. The van der Waals surface area contributed by atoms with Crippen LogP contribution >= 0.6 is 0 Å². The zero-order valence-electron chi connectivity index (χ0n) is 16.6. The van der Waals surface area contributed by atoms with E-state index in [2.05, 4.69) is 0 Å². The van der Waals surface area contributed by atoms with Crippen LogP contribution in [0.25, 0.3) is 0 Å². The maximum Gasteiger partial charge on any atom is 0.308 e. The van der Waals surface area contributed by atoms with Gasteiger partial charge in [-0.1, -0.05) is 0 Å². The van der Waals surface area contributed by atoms with Gasteiger partial charge in [-0.3, -0.25) is 14.4 Å². The summed E-state index contributed by atoms with van der Waals surface area (Å²) in [4.78, 5) is 35.7. The summed E-state index contributed by atoms with van der Waals surface area (Å²) in [7, 11) is 2.80. The molecule has 0 heterocycles. The van der Waals surface area contributed by atoms with Gasteiger partial charge < -0.3 is 24.1 Å². The van der Waals surface area contributed by atoms with Crippen molar-refractivity contribution in [1.29, 1.82) is 0 Å². The van der Waals surface area contributed by atoms with Crippen molar-refractivity contribution in [1.82, 2.24) is 0 Å². The first-order chi connectivity index (χ1) is 13.8. The van der Waals surface area contributed by atoms with E-state index < -0.39 is 17.7 Å². The highest BCUT2D eigenvalue weighted by Crippen LogP contribution is 2.34. The maximum atomic E-state index is 13.2. The SMILES string of the molecule is COc1cc(C(=O)c2cc(OC(C)=O)c(OC)cc2CCO)ccc1OC(C)=O. The topological polar surface area (TPSA) is 108 Å². The van der Waals surface area contributed by atoms with Crippen LogP contribution in [0.4, 0.5) is 0 Å². The number of aliphatic hydroxyl groups excluding tert-OH is 1. The van der Waals surface area contributed by atoms with E-state index in [0.717, 1.165) is 0 Å². The quantitative estimate of drug-likeness (QED) is 0.407. The summed E-state index contributed by atoms with van der Waals surface area (Å²) in [5, 5.41) is 9.37. The Morgan fingerprint density at radius 2 is 1.41 bits per heavy atom. The number of hydrogen-bond acceptors (Lipinski definition) is 8. The van der Waals surface area contributed by atoms with Gasteiger partial charge in [0, 0.05) is 31.6 Å². The third kappa shape index (κ3) is 5.32. The normalized spacial score (nSPS) is 10.2. The van der Waals surface area contributed by atoms with Gasteiger partial charge >= 0.3 is 11.9 Å². The zero-order valence-corrected chi connectivity index (χ0v) is 16.6. The predicted octanol–water partition coefficient (Wildman–Crippen LogP) is 2.32. The fraction of sp³-hybridized carbons (Fsp3) is 0.286. The summed E-state index contributed by atoms with van der Waals surface area (Å²) in [5.74, 6) is -0.725. The molecular formula is C21H22O8. The standard InChI is InChI=1S/C21H22O8/c1-12(23)28-17-6-5-15(10-18(17)26-3)21(25)16-11-20(29-13(2)24)19(27-4)9-14(16)7-8-22/h5-6,9-11,22H,7-8H2,1-4H3. The molecule has 0 unspecified atom stereocenters. The molecule has 0 aliphatic rings. The van der Waals surface area contributed by atoms with Crippen LogP contribution in [0.1, 0.15) is 35.3 Å². The van der Waals surface area contributed by atoms with Gasteiger partial charge in [-0.05, 0) is 42.3 Å². The number of methoxy groups -OCH3 is 2. The van der Waals surface area contributed by atoms with E-state index >= 15 is 0 Å². The third-order valence-corrected chi connectivity index (χ3v) is 3.95. The van der Waals surface area contributed by atoms with Crippen LogP contribution in [0, 0.1) is 0 Å². The van der Waals surface area contributed by atoms with Crippen LogP contribution in [-0.2, 0) is 16.0 Å². The molecule has 0 amide bonds. The molecule has 0 spiro atoms. The molecule has 8 nitrogen and oxygen atoms in total. The summed E-state index contributed by atoms with van der Waals surface area (Å²) in [6.07, 6.45) is 0.195. The van der Waals surface area contributed by atoms with E-state index in [0.29, 0.717) is 5.56 Å². The summed E-state index contributed by atoms with van der Waals surface area (Å²) in [6, 6.07) is 7.34. The predicted molar refractivity (Wildman–Crippen MR) is 103 cm³/mol. The number of ketones is 1. The van der Waals surface area contributed by atoms with Gasteiger partial charge in [0.1, 0.15) is 0 Å². The molecule has 0 radical (unpaired) electrons. The van der Waals surface area contributed by atoms with E-state index in [4.69, 9.17) is 18.9 Å². The van der Waals surface area contributed by atoms with Crippen molar-refractivity contribution in [2.24, 2.45) is 0 Å². The van der Waals surface area contributed by atoms with E-state index in [-0.39, 0.29) is 47.2 Å². The second-order valence-electron chi connectivity index (χ2n) is 6.02. The first-order valence-electron chi connectivity index (χ1n) is 8.72. The van der Waals surface area contributed by atoms with Crippen LogP contribution in [0.5, 0.6) is 23.0 Å². The lowest BCUT2D eigenvalue weighted by Gasteiger charge is -2.15. The van der Waals surface area contributed by atoms with Crippen molar-refractivity contribution in [2.45, 2.75) is 20.3 Å². The van der Waals surface area contributed by atoms with Crippen LogP contribution < -0.4 is 18.9 Å². The maximum absolute atomic E-state index is 13.2. The second-order valence-corrected chi connectivity index (χ2v) is 6.02. The summed E-state index contributed by atoms with van der Waals surface area (Å²) in [6.45, 7) is 2.31. The van der Waals surface area contributed by atoms with Gasteiger partial charge in [0.15, 0.2) is 28.8 Å². The fourth-order valence-corrected chi connectivity index (χ4v) is 2.74. The van der Waals surface area contributed by atoms with Gasteiger partial charge in [-0.25, -0.2) is 0 Å². The van der Waals surface area contributed by atoms with Crippen molar-refractivity contribution in [3.8, 4) is 23.0 Å². The summed E-state index contributed by atoms with van der Waals surface area (Å²) < 4.78 is 20.6. The Kier molecular flexibility index (Phi) is 7.33. The highest BCUT2D eigenvalue weighted by Gasteiger charge is 2.21. The van der Waals surface area contributed by atoms with Crippen molar-refractivity contribution >= 4 is 17.7 Å². The first kappa shape index (κ1) is 21.9. The number of aliphatic hydroxyl groups is 1. The Hall–Kier alpha value is -3.39. The van der Waals surface area contributed by atoms with Crippen LogP contribution in [-0.4, -0.2) is 43.7 Å². The lowest BCUT2D eigenvalue weighted by molar-refractivity contribution is -0.132. The molecule has 0 aromatic heterocycles. The average Bonchev–Trinajstić information content (AvgIpc) is 2.67. The van der Waals surface area contributed by atoms with Crippen molar-refractivity contribution in [2.75, 3.05) is 20.8 Å². The lowest BCUT2D eigenvalue weighted by Crippen LogP contribution is -2.11. The molecule has 2 aromatic carbocycles. The Balaban J connectivity index is 2.55. The Morgan fingerprint density at radius 1 is 0.828 bits per heavy atom. The van der Waals surface area contributed by atoms with Crippen molar-refractivity contribution < 1.29 is 38.4 Å². The largest absolute Gasteiger partial charge is 0.493 e. The Bertz CT molecular complexity index is 933. The first-order valence-corrected chi connectivity index (χ1v) is 8.72. The molecule has 0 saturated carbocycles. The molecule has 0 atom stereocenters. The van der Waals surface area contributed by atoms with E-state index in [1.54, 1.807) is 6.07 Å². The smallest absolute Gasteiger partial charge is 0.308 e. The van der Waals surface area contributed by atoms with Gasteiger partial charge in [-0.15, -0.1) is 0 Å². The molecular weight excluding hydrogens is 380 g/mol. The summed E-state index contributed by atoms with van der Waals surface area (Å²) in [5.41, 5.74) is 1.02. The van der Waals surface area contributed by atoms with Crippen LogP contribution in [0.3, 0.4) is 0 Å². The zero-order chi connectivity index (χ0) is 21.6. The minimum Gasteiger partial charge on any atom is -0.493 e. The van der Waals surface area contributed by atoms with Gasteiger partial charge in [0.2, 0.25) is 0 Å². The number of ether oxygens (including phenoxy) is 4. The monoisotopic (exact) mass is 402 g/mol. The molecule has 2 rings (SSSR count). The fourth-order valence-electron chi connectivity index (χ4n) is 2.74. The van der Waals surface area contributed by atoms with E-state index in [1.807, 2.05) is 0 Å². The molecule has 0 fully saturated rings. The molecule has 154 valence electrons. The molecule has 0 saturated heterocycles. The minimum absolute atomic E-state index is 0.0912. The minimum atomic E-state index is -0.566. The van der Waals surface area contributed by atoms with Crippen LogP contribution in [0.2, 0.25) is 0 Å². The molecule has 0 aliphatic carbocycles. The van der Waals surface area contributed by atoms with Crippen molar-refractivity contribution in [3.05, 3.63) is 47.0 Å². The second kappa shape index (κ2) is 9.70. The average molecular weight is 402 g/mol. The summed E-state index contributed by atoms with van der Waals surface area (Å²) >= 11 is 0. The van der Waals surface area contributed by atoms with Gasteiger partial charge in [0.25, 0.3) is 0 Å². The molecule has 1 N–H and O–H groups in total. The molecule has 29 heavy (non-hydrogen) atoms. The molecule has 8 heteroatoms. The Labute approximate surface area is 168 Å². The third-order valence-electron chi connectivity index (χ3n) is 3.95. The Morgan fingerprint density at radius 3 is 1.97 bits per heavy atom. The number of benzene rings is 2. The molecule has 2 aromatic rings. The van der Waals surface area contributed by atoms with E-state index in [1.165, 1.54) is 52.3 Å².